The molecule has 0 bridgehead atoms. The third-order valence-corrected chi connectivity index (χ3v) is 3.41. The Balaban J connectivity index is 2.30. The van der Waals surface area contributed by atoms with E-state index in [1.807, 2.05) is 36.4 Å². The van der Waals surface area contributed by atoms with E-state index in [4.69, 9.17) is 16.3 Å². The highest BCUT2D eigenvalue weighted by Gasteiger charge is 2.25. The van der Waals surface area contributed by atoms with E-state index in [1.54, 1.807) is 26.2 Å². The molecule has 2 nitrogen and oxygen atoms in total. The zero-order valence-corrected chi connectivity index (χ0v) is 11.8. The van der Waals surface area contributed by atoms with Crippen LogP contribution in [0.5, 0.6) is 5.75 Å². The summed E-state index contributed by atoms with van der Waals surface area (Å²) in [5, 5.41) is 11.3. The average Bonchev–Trinajstić information content (AvgIpc) is 2.39. The Morgan fingerprint density at radius 2 is 1.89 bits per heavy atom. The summed E-state index contributed by atoms with van der Waals surface area (Å²) >= 11 is 5.98. The van der Waals surface area contributed by atoms with Crippen LogP contribution in [0.15, 0.2) is 48.5 Å². The van der Waals surface area contributed by atoms with Gasteiger partial charge in [-0.05, 0) is 36.2 Å². The molecule has 0 aliphatic heterocycles. The molecule has 0 radical (unpaired) electrons. The van der Waals surface area contributed by atoms with Crippen LogP contribution in [0.3, 0.4) is 0 Å². The Morgan fingerprint density at radius 1 is 1.16 bits per heavy atom. The molecular weight excluding hydrogens is 260 g/mol. The van der Waals surface area contributed by atoms with Crippen LogP contribution in [0.4, 0.5) is 0 Å². The number of methoxy groups -OCH3 is 1. The maximum absolute atomic E-state index is 10.7. The minimum absolute atomic E-state index is 0.470. The lowest BCUT2D eigenvalue weighted by Crippen LogP contribution is -2.24. The predicted molar refractivity (Wildman–Crippen MR) is 77.7 cm³/mol. The van der Waals surface area contributed by atoms with E-state index >= 15 is 0 Å². The molecule has 1 atom stereocenters. The number of hydrogen-bond acceptors (Lipinski definition) is 2. The largest absolute Gasteiger partial charge is 0.496 e. The standard InChI is InChI=1S/C16H17ClO2/c1-16(18,13-7-5-8-14(17)10-13)11-12-6-3-4-9-15(12)19-2/h3-10,18H,11H2,1-2H3. The summed E-state index contributed by atoms with van der Waals surface area (Å²) in [7, 11) is 1.63. The highest BCUT2D eigenvalue weighted by atomic mass is 35.5. The molecule has 0 fully saturated rings. The van der Waals surface area contributed by atoms with Crippen molar-refractivity contribution in [3.8, 4) is 5.75 Å². The molecule has 100 valence electrons. The van der Waals surface area contributed by atoms with Crippen molar-refractivity contribution in [2.45, 2.75) is 18.9 Å². The Hall–Kier alpha value is -1.51. The first-order valence-electron chi connectivity index (χ1n) is 6.13. The van der Waals surface area contributed by atoms with E-state index in [0.29, 0.717) is 11.4 Å². The van der Waals surface area contributed by atoms with Gasteiger partial charge in [-0.2, -0.15) is 0 Å². The smallest absolute Gasteiger partial charge is 0.122 e. The van der Waals surface area contributed by atoms with Gasteiger partial charge in [-0.3, -0.25) is 0 Å². The summed E-state index contributed by atoms with van der Waals surface area (Å²) in [4.78, 5) is 0. The van der Waals surface area contributed by atoms with Gasteiger partial charge in [0.1, 0.15) is 5.75 Å². The molecule has 2 rings (SSSR count). The molecule has 2 aromatic carbocycles. The van der Waals surface area contributed by atoms with Gasteiger partial charge in [0.25, 0.3) is 0 Å². The molecule has 1 unspecified atom stereocenters. The lowest BCUT2D eigenvalue weighted by molar-refractivity contribution is 0.0570. The van der Waals surface area contributed by atoms with E-state index in [1.165, 1.54) is 0 Å². The van der Waals surface area contributed by atoms with Gasteiger partial charge in [-0.25, -0.2) is 0 Å². The molecular formula is C16H17ClO2. The number of rotatable bonds is 4. The van der Waals surface area contributed by atoms with Crippen LogP contribution in [-0.2, 0) is 12.0 Å². The summed E-state index contributed by atoms with van der Waals surface area (Å²) in [6.45, 7) is 1.78. The topological polar surface area (TPSA) is 29.5 Å². The van der Waals surface area contributed by atoms with Crippen molar-refractivity contribution in [1.82, 2.24) is 0 Å². The molecule has 0 aliphatic rings. The van der Waals surface area contributed by atoms with Crippen molar-refractivity contribution < 1.29 is 9.84 Å². The van der Waals surface area contributed by atoms with Gasteiger partial charge in [0.05, 0.1) is 12.7 Å². The number of para-hydroxylation sites is 1. The normalized spacial score (nSPS) is 13.9. The van der Waals surface area contributed by atoms with Crippen molar-refractivity contribution in [2.75, 3.05) is 7.11 Å². The fourth-order valence-corrected chi connectivity index (χ4v) is 2.34. The van der Waals surface area contributed by atoms with E-state index < -0.39 is 5.60 Å². The van der Waals surface area contributed by atoms with Gasteiger partial charge in [0.2, 0.25) is 0 Å². The monoisotopic (exact) mass is 276 g/mol. The van der Waals surface area contributed by atoms with Gasteiger partial charge in [-0.15, -0.1) is 0 Å². The third kappa shape index (κ3) is 3.28. The van der Waals surface area contributed by atoms with Crippen LogP contribution in [0.2, 0.25) is 5.02 Å². The Labute approximate surface area is 118 Å². The number of benzene rings is 2. The van der Waals surface area contributed by atoms with Crippen molar-refractivity contribution in [3.63, 3.8) is 0 Å². The molecule has 0 aliphatic carbocycles. The van der Waals surface area contributed by atoms with Crippen molar-refractivity contribution >= 4 is 11.6 Å². The van der Waals surface area contributed by atoms with E-state index in [9.17, 15) is 5.11 Å². The van der Waals surface area contributed by atoms with Gasteiger partial charge in [0.15, 0.2) is 0 Å². The lowest BCUT2D eigenvalue weighted by atomic mass is 9.89. The van der Waals surface area contributed by atoms with Crippen molar-refractivity contribution in [3.05, 3.63) is 64.7 Å². The van der Waals surface area contributed by atoms with Crippen LogP contribution < -0.4 is 4.74 Å². The van der Waals surface area contributed by atoms with E-state index in [-0.39, 0.29) is 0 Å². The van der Waals surface area contributed by atoms with Gasteiger partial charge < -0.3 is 9.84 Å². The van der Waals surface area contributed by atoms with Crippen LogP contribution in [0.1, 0.15) is 18.1 Å². The van der Waals surface area contributed by atoms with Crippen molar-refractivity contribution in [2.24, 2.45) is 0 Å². The maximum atomic E-state index is 10.7. The summed E-state index contributed by atoms with van der Waals surface area (Å²) < 4.78 is 5.31. The van der Waals surface area contributed by atoms with Crippen molar-refractivity contribution in [1.29, 1.82) is 0 Å². The molecule has 0 saturated carbocycles. The van der Waals surface area contributed by atoms with E-state index in [2.05, 4.69) is 0 Å². The fraction of sp³-hybridized carbons (Fsp3) is 0.250. The average molecular weight is 277 g/mol. The Kier molecular flexibility index (Phi) is 4.13. The SMILES string of the molecule is COc1ccccc1CC(C)(O)c1cccc(Cl)c1. The first kappa shape index (κ1) is 13.9. The summed E-state index contributed by atoms with van der Waals surface area (Å²) in [5.74, 6) is 0.782. The highest BCUT2D eigenvalue weighted by Crippen LogP contribution is 2.30. The van der Waals surface area contributed by atoms with Crippen LogP contribution in [0, 0.1) is 0 Å². The molecule has 2 aromatic rings. The number of ether oxygens (including phenoxy) is 1. The molecule has 1 N–H and O–H groups in total. The maximum Gasteiger partial charge on any atom is 0.122 e. The van der Waals surface area contributed by atoms with Gasteiger partial charge >= 0.3 is 0 Å². The molecule has 3 heteroatoms. The zero-order chi connectivity index (χ0) is 13.9. The molecule has 0 heterocycles. The Morgan fingerprint density at radius 3 is 2.58 bits per heavy atom. The predicted octanol–water partition coefficient (Wildman–Crippen LogP) is 3.80. The molecule has 0 amide bonds. The second-order valence-electron chi connectivity index (χ2n) is 4.77. The van der Waals surface area contributed by atoms with Crippen LogP contribution in [0.25, 0.3) is 0 Å². The quantitative estimate of drug-likeness (QED) is 0.920. The van der Waals surface area contributed by atoms with Crippen LogP contribution >= 0.6 is 11.6 Å². The van der Waals surface area contributed by atoms with Crippen LogP contribution in [-0.4, -0.2) is 12.2 Å². The molecule has 0 aromatic heterocycles. The van der Waals surface area contributed by atoms with Gasteiger partial charge in [-0.1, -0.05) is 41.9 Å². The highest BCUT2D eigenvalue weighted by molar-refractivity contribution is 6.30. The Bertz CT molecular complexity index is 564. The second kappa shape index (κ2) is 5.64. The summed E-state index contributed by atoms with van der Waals surface area (Å²) in [6, 6.07) is 15.0. The number of halogens is 1. The summed E-state index contributed by atoms with van der Waals surface area (Å²) in [6.07, 6.45) is 0.470. The first-order valence-corrected chi connectivity index (χ1v) is 6.51. The number of aliphatic hydroxyl groups is 1. The first-order chi connectivity index (χ1) is 9.03. The zero-order valence-electron chi connectivity index (χ0n) is 11.1. The minimum Gasteiger partial charge on any atom is -0.496 e. The van der Waals surface area contributed by atoms with E-state index in [0.717, 1.165) is 16.9 Å². The second-order valence-corrected chi connectivity index (χ2v) is 5.21. The third-order valence-electron chi connectivity index (χ3n) is 3.17. The number of hydrogen-bond donors (Lipinski definition) is 1. The van der Waals surface area contributed by atoms with Gasteiger partial charge in [0, 0.05) is 11.4 Å². The fourth-order valence-electron chi connectivity index (χ4n) is 2.15. The molecule has 19 heavy (non-hydrogen) atoms. The molecule has 0 spiro atoms. The minimum atomic E-state index is -0.987. The molecule has 0 saturated heterocycles. The lowest BCUT2D eigenvalue weighted by Gasteiger charge is -2.25. The summed E-state index contributed by atoms with van der Waals surface area (Å²) in [5.41, 5.74) is 0.778.